The molecule has 0 rings (SSSR count). The normalized spacial score (nSPS) is 13.3. The molecule has 0 aliphatic heterocycles. The maximum atomic E-state index is 12.6. The van der Waals surface area contributed by atoms with Gasteiger partial charge >= 0.3 is 29.8 Å². The molecule has 0 saturated heterocycles. The fraction of sp³-hybridized carbons (Fsp3) is 0.793. The van der Waals surface area contributed by atoms with Crippen LogP contribution in [0.2, 0.25) is 0 Å². The van der Waals surface area contributed by atoms with Crippen LogP contribution in [0.1, 0.15) is 195 Å². The van der Waals surface area contributed by atoms with Crippen molar-refractivity contribution in [1.29, 1.82) is 0 Å². The summed E-state index contributed by atoms with van der Waals surface area (Å²) in [4.78, 5) is 144. The van der Waals surface area contributed by atoms with Gasteiger partial charge in [-0.2, -0.15) is 0 Å². The van der Waals surface area contributed by atoms with Crippen LogP contribution in [-0.2, 0) is 76.5 Å². The van der Waals surface area contributed by atoms with Crippen LogP contribution >= 0.6 is 0 Å². The highest BCUT2D eigenvalue weighted by Crippen LogP contribution is 2.18. The summed E-state index contributed by atoms with van der Waals surface area (Å²) in [6.07, 6.45) is 13.1. The fourth-order valence-electron chi connectivity index (χ4n) is 8.59. The predicted molar refractivity (Wildman–Crippen MR) is 309 cm³/mol. The van der Waals surface area contributed by atoms with Gasteiger partial charge in [0, 0.05) is 72.0 Å². The molecule has 0 unspecified atom stereocenters. The average molecular weight is 1220 g/mol. The molecule has 0 spiro atoms. The first kappa shape index (κ1) is 78.8. The van der Waals surface area contributed by atoms with E-state index in [9.17, 15) is 78.0 Å². The van der Waals surface area contributed by atoms with Gasteiger partial charge in [0.25, 0.3) is 0 Å². The van der Waals surface area contributed by atoms with Gasteiger partial charge in [0.05, 0.1) is 45.1 Å². The standard InChI is InChI=1S/C58H99N5O22.H2/c1-41(48(66)38-44(42(2)64)55(74)75)20-17-18-30-59-52(70)39-85-37-35-83-33-31-60-53(71)40-84-36-34-82-32-19-21-43(65)24-25-45(56(76)77)62-50(68)29-27-47(58(80)81)63-51(69)28-26-46(57(78)79)61-49(67)22-15-13-11-9-7-5-3-4-6-8-10-12-14-16-23-54(72)73;/h41-42,44-47,64H,3-40H2,1-2H3,(H,59,70)(H,60,71)(H,61,67)(H,62,68)(H,63,69)(H,72,73)(H,74,75)(H,76,77)(H,78,79)(H,80,81);1H/t41-,42+,44-,45-,46-,47-;/m0./s1. The number of amides is 5. The van der Waals surface area contributed by atoms with E-state index in [0.717, 1.165) is 70.6 Å². The van der Waals surface area contributed by atoms with Gasteiger partial charge in [-0.1, -0.05) is 90.4 Å². The first-order chi connectivity index (χ1) is 40.5. The predicted octanol–water partition coefficient (Wildman–Crippen LogP) is 4.10. The molecular weight excluding hydrogens is 1120 g/mol. The Hall–Kier alpha value is -6.16. The number of rotatable bonds is 59. The van der Waals surface area contributed by atoms with Crippen molar-refractivity contribution >= 4 is 70.9 Å². The summed E-state index contributed by atoms with van der Waals surface area (Å²) in [5.41, 5.74) is 0. The Morgan fingerprint density at radius 3 is 1.21 bits per heavy atom. The third-order valence-electron chi connectivity index (χ3n) is 13.8. The second kappa shape index (κ2) is 51.1. The molecule has 0 bridgehead atoms. The number of hydrogen-bond acceptors (Lipinski definition) is 17. The molecule has 85 heavy (non-hydrogen) atoms. The van der Waals surface area contributed by atoms with E-state index in [2.05, 4.69) is 26.6 Å². The Balaban J connectivity index is 0. The van der Waals surface area contributed by atoms with E-state index in [4.69, 9.17) is 29.2 Å². The number of hydrogen-bond donors (Lipinski definition) is 11. The van der Waals surface area contributed by atoms with Gasteiger partial charge in [0.1, 0.15) is 42.9 Å². The molecule has 5 amide bonds. The summed E-state index contributed by atoms with van der Waals surface area (Å²) >= 11 is 0. The van der Waals surface area contributed by atoms with Gasteiger partial charge in [0.15, 0.2) is 0 Å². The van der Waals surface area contributed by atoms with Crippen molar-refractivity contribution in [3.8, 4) is 0 Å². The Labute approximate surface area is 500 Å². The second-order valence-corrected chi connectivity index (χ2v) is 21.3. The molecule has 0 aliphatic rings. The fourth-order valence-corrected chi connectivity index (χ4v) is 8.59. The van der Waals surface area contributed by atoms with E-state index < -0.39 is 97.0 Å². The zero-order valence-electron chi connectivity index (χ0n) is 50.0. The smallest absolute Gasteiger partial charge is 0.326 e. The monoisotopic (exact) mass is 1220 g/mol. The SMILES string of the molecule is C[C@@H](CCCCNC(=O)COCCOCCNC(=O)COCCOCCCC(=O)CC[C@H](NC(=O)CC[C@H](NC(=O)CC[C@H](NC(=O)CCCCCCCCCCCCCCCCC(=O)O)C(=O)O)C(=O)O)C(=O)O)C(=O)C[C@H](C(=O)O)[C@@H](C)O.[HH]. The summed E-state index contributed by atoms with van der Waals surface area (Å²) in [5.74, 6) is -11.1. The summed E-state index contributed by atoms with van der Waals surface area (Å²) in [7, 11) is 0. The van der Waals surface area contributed by atoms with Gasteiger partial charge in [0.2, 0.25) is 29.5 Å². The summed E-state index contributed by atoms with van der Waals surface area (Å²) in [6.45, 7) is 4.11. The number of ether oxygens (including phenoxy) is 4. The lowest BCUT2D eigenvalue weighted by Crippen LogP contribution is -2.45. The van der Waals surface area contributed by atoms with Crippen LogP contribution in [0.5, 0.6) is 0 Å². The Bertz CT molecular complexity index is 2000. The summed E-state index contributed by atoms with van der Waals surface area (Å²) in [6, 6.07) is -4.42. The first-order valence-electron chi connectivity index (χ1n) is 30.1. The van der Waals surface area contributed by atoms with E-state index in [0.29, 0.717) is 38.6 Å². The summed E-state index contributed by atoms with van der Waals surface area (Å²) < 4.78 is 21.4. The number of carboxylic acids is 5. The van der Waals surface area contributed by atoms with E-state index in [-0.39, 0.29) is 135 Å². The van der Waals surface area contributed by atoms with Crippen LogP contribution in [-0.4, -0.2) is 192 Å². The molecule has 0 fully saturated rings. The molecule has 0 aliphatic carbocycles. The lowest BCUT2D eigenvalue weighted by molar-refractivity contribution is -0.148. The van der Waals surface area contributed by atoms with Crippen molar-refractivity contribution in [1.82, 2.24) is 26.6 Å². The third kappa shape index (κ3) is 46.8. The maximum absolute atomic E-state index is 12.6. The molecule has 0 aromatic carbocycles. The molecule has 0 radical (unpaired) electrons. The van der Waals surface area contributed by atoms with Gasteiger partial charge in [-0.05, 0) is 58.3 Å². The number of aliphatic hydroxyl groups excluding tert-OH is 1. The number of Topliss-reactive ketones (excluding diaryl/α,β-unsaturated/α-hetero) is 2. The Morgan fingerprint density at radius 1 is 0.376 bits per heavy atom. The van der Waals surface area contributed by atoms with Gasteiger partial charge in [-0.3, -0.25) is 43.2 Å². The van der Waals surface area contributed by atoms with Gasteiger partial charge in [-0.15, -0.1) is 0 Å². The lowest BCUT2D eigenvalue weighted by Gasteiger charge is -2.18. The highest BCUT2D eigenvalue weighted by Gasteiger charge is 2.29. The molecule has 0 aromatic rings. The number of aliphatic hydroxyl groups is 1. The minimum absolute atomic E-state index is 0. The molecule has 27 heteroatoms. The number of nitrogens with one attached hydrogen (secondary N) is 5. The van der Waals surface area contributed by atoms with Crippen molar-refractivity contribution in [3.63, 3.8) is 0 Å². The summed E-state index contributed by atoms with van der Waals surface area (Å²) in [5, 5.41) is 68.6. The van der Waals surface area contributed by atoms with Crippen molar-refractivity contribution in [2.75, 3.05) is 65.9 Å². The minimum atomic E-state index is -1.57. The third-order valence-corrected chi connectivity index (χ3v) is 13.8. The van der Waals surface area contributed by atoms with Crippen LogP contribution in [0.4, 0.5) is 0 Å². The average Bonchev–Trinajstić information content (AvgIpc) is 3.65. The van der Waals surface area contributed by atoms with E-state index in [1.807, 2.05) is 0 Å². The molecule has 6 atom stereocenters. The van der Waals surface area contributed by atoms with Crippen molar-refractivity contribution < 1.29 is 109 Å². The topological polar surface area (TPSA) is 423 Å². The van der Waals surface area contributed by atoms with Crippen LogP contribution in [0.25, 0.3) is 0 Å². The minimum Gasteiger partial charge on any atom is -0.481 e. The largest absolute Gasteiger partial charge is 0.481 e. The number of carbonyl (C=O) groups excluding carboxylic acids is 7. The highest BCUT2D eigenvalue weighted by molar-refractivity contribution is 5.88. The zero-order chi connectivity index (χ0) is 63.6. The molecule has 0 heterocycles. The van der Waals surface area contributed by atoms with Crippen LogP contribution in [0, 0.1) is 11.8 Å². The van der Waals surface area contributed by atoms with E-state index >= 15 is 0 Å². The number of carboxylic acid groups (broad SMARTS) is 5. The number of ketones is 2. The molecular formula is C58H101N5O22. The number of aliphatic carboxylic acids is 5. The van der Waals surface area contributed by atoms with Crippen LogP contribution in [0.15, 0.2) is 0 Å². The highest BCUT2D eigenvalue weighted by atomic mass is 16.5. The molecule has 490 valence electrons. The quantitative estimate of drug-likeness (QED) is 0.0382. The Morgan fingerprint density at radius 2 is 0.776 bits per heavy atom. The second-order valence-electron chi connectivity index (χ2n) is 21.3. The first-order valence-corrected chi connectivity index (χ1v) is 30.1. The molecule has 0 aromatic heterocycles. The van der Waals surface area contributed by atoms with Crippen LogP contribution < -0.4 is 26.6 Å². The van der Waals surface area contributed by atoms with Gasteiger partial charge in [-0.25, -0.2) is 14.4 Å². The number of carbonyl (C=O) groups is 12. The molecule has 27 nitrogen and oxygen atoms in total. The molecule has 0 saturated carbocycles. The van der Waals surface area contributed by atoms with E-state index in [1.54, 1.807) is 6.92 Å². The van der Waals surface area contributed by atoms with Crippen molar-refractivity contribution in [3.05, 3.63) is 0 Å². The van der Waals surface area contributed by atoms with Crippen molar-refractivity contribution in [2.24, 2.45) is 11.8 Å². The molecule has 11 N–H and O–H groups in total. The Kier molecular flexibility index (Phi) is 47.4. The number of unbranched alkanes of at least 4 members (excludes halogenated alkanes) is 14. The van der Waals surface area contributed by atoms with Crippen molar-refractivity contribution in [2.45, 2.75) is 218 Å². The maximum Gasteiger partial charge on any atom is 0.326 e. The zero-order valence-corrected chi connectivity index (χ0v) is 50.0. The van der Waals surface area contributed by atoms with E-state index in [1.165, 1.54) is 19.8 Å². The van der Waals surface area contributed by atoms with Gasteiger partial charge < -0.3 is 76.2 Å². The lowest BCUT2D eigenvalue weighted by atomic mass is 9.89. The van der Waals surface area contributed by atoms with Crippen LogP contribution in [0.3, 0.4) is 0 Å².